The molecule has 0 unspecified atom stereocenters. The molecule has 9 heteroatoms. The number of aromatic carboxylic acids is 1. The average Bonchev–Trinajstić information content (AvgIpc) is 2.79. The number of carboxylic acid groups (broad SMARTS) is 1. The molecule has 0 atom stereocenters. The first-order chi connectivity index (χ1) is 16.1. The molecule has 0 aliphatic carbocycles. The fraction of sp³-hybridized carbons (Fsp3) is 0.160. The van der Waals surface area contributed by atoms with Crippen molar-refractivity contribution in [1.82, 2.24) is 5.43 Å². The van der Waals surface area contributed by atoms with E-state index >= 15 is 0 Å². The maximum atomic E-state index is 13.5. The van der Waals surface area contributed by atoms with Crippen LogP contribution in [0.3, 0.4) is 0 Å². The number of carboxylic acids is 1. The minimum atomic E-state index is -4.06. The number of nitrogens with zero attached hydrogens (tertiary/aromatic N) is 2. The number of aryl methyl sites for hydroxylation is 3. The molecule has 0 saturated carbocycles. The van der Waals surface area contributed by atoms with Crippen molar-refractivity contribution in [1.29, 1.82) is 0 Å². The fourth-order valence-corrected chi connectivity index (χ4v) is 4.75. The van der Waals surface area contributed by atoms with E-state index in [0.717, 1.165) is 15.4 Å². The van der Waals surface area contributed by atoms with Crippen molar-refractivity contribution in [2.75, 3.05) is 10.8 Å². The lowest BCUT2D eigenvalue weighted by atomic mass is 10.1. The Morgan fingerprint density at radius 2 is 1.62 bits per heavy atom. The highest BCUT2D eigenvalue weighted by Crippen LogP contribution is 2.28. The van der Waals surface area contributed by atoms with Crippen molar-refractivity contribution in [2.24, 2.45) is 5.10 Å². The Morgan fingerprint density at radius 1 is 0.971 bits per heavy atom. The summed E-state index contributed by atoms with van der Waals surface area (Å²) >= 11 is 0. The molecular weight excluding hydrogens is 454 g/mol. The number of rotatable bonds is 8. The molecule has 34 heavy (non-hydrogen) atoms. The summed E-state index contributed by atoms with van der Waals surface area (Å²) in [5.41, 5.74) is 5.45. The van der Waals surface area contributed by atoms with E-state index in [1.165, 1.54) is 24.4 Å². The van der Waals surface area contributed by atoms with E-state index in [1.54, 1.807) is 49.4 Å². The van der Waals surface area contributed by atoms with E-state index in [0.29, 0.717) is 16.8 Å². The van der Waals surface area contributed by atoms with Crippen LogP contribution in [0.1, 0.15) is 32.6 Å². The number of hydrogen-bond acceptors (Lipinski definition) is 5. The molecule has 2 N–H and O–H groups in total. The van der Waals surface area contributed by atoms with E-state index in [-0.39, 0.29) is 10.5 Å². The van der Waals surface area contributed by atoms with Crippen molar-refractivity contribution in [3.8, 4) is 0 Å². The predicted molar refractivity (Wildman–Crippen MR) is 131 cm³/mol. The Balaban J connectivity index is 1.90. The van der Waals surface area contributed by atoms with Crippen LogP contribution in [-0.4, -0.2) is 38.2 Å². The number of hydrazone groups is 1. The van der Waals surface area contributed by atoms with E-state index in [9.17, 15) is 23.1 Å². The van der Waals surface area contributed by atoms with Crippen LogP contribution in [0.25, 0.3) is 0 Å². The molecule has 0 bridgehead atoms. The second-order valence-corrected chi connectivity index (χ2v) is 9.66. The Morgan fingerprint density at radius 3 is 2.29 bits per heavy atom. The number of sulfonamides is 1. The highest BCUT2D eigenvalue weighted by atomic mass is 32.2. The number of hydrogen-bond donors (Lipinski definition) is 2. The number of carbonyl (C=O) groups is 2. The summed E-state index contributed by atoms with van der Waals surface area (Å²) < 4.78 is 28.1. The third-order valence-electron chi connectivity index (χ3n) is 5.11. The Kier molecular flexibility index (Phi) is 7.47. The standard InChI is InChI=1S/C25H25N3O5S/c1-17-9-12-21(13-10-17)34(32,33)28(23-14-18(2)8-11-19(23)3)16-24(29)27-26-15-20-6-4-5-7-22(20)25(30)31/h4-15H,16H2,1-3H3,(H,27,29)(H,30,31)/b26-15-. The molecule has 0 saturated heterocycles. The number of nitrogens with one attached hydrogen (secondary N) is 1. The molecule has 0 aliphatic heterocycles. The van der Waals surface area contributed by atoms with Crippen LogP contribution in [0.5, 0.6) is 0 Å². The summed E-state index contributed by atoms with van der Waals surface area (Å²) in [5.74, 6) is -1.81. The summed E-state index contributed by atoms with van der Waals surface area (Å²) in [6.45, 7) is 4.94. The maximum absolute atomic E-state index is 13.5. The van der Waals surface area contributed by atoms with Crippen molar-refractivity contribution >= 4 is 33.8 Å². The van der Waals surface area contributed by atoms with Gasteiger partial charge in [0.2, 0.25) is 0 Å². The molecule has 0 spiro atoms. The highest BCUT2D eigenvalue weighted by Gasteiger charge is 2.28. The summed E-state index contributed by atoms with van der Waals surface area (Å²) in [6.07, 6.45) is 1.21. The minimum absolute atomic E-state index is 0.0273. The summed E-state index contributed by atoms with van der Waals surface area (Å²) in [6, 6.07) is 17.9. The Bertz CT molecular complexity index is 1350. The third-order valence-corrected chi connectivity index (χ3v) is 6.89. The van der Waals surface area contributed by atoms with Gasteiger partial charge in [-0.3, -0.25) is 9.10 Å². The Labute approximate surface area is 198 Å². The molecule has 3 aromatic carbocycles. The lowest BCUT2D eigenvalue weighted by Crippen LogP contribution is -2.40. The molecule has 1 amide bonds. The van der Waals surface area contributed by atoms with Gasteiger partial charge in [0, 0.05) is 5.56 Å². The van der Waals surface area contributed by atoms with Gasteiger partial charge in [-0.25, -0.2) is 18.6 Å². The molecule has 176 valence electrons. The van der Waals surface area contributed by atoms with Gasteiger partial charge in [0.05, 0.1) is 22.4 Å². The number of benzene rings is 3. The van der Waals surface area contributed by atoms with Gasteiger partial charge in [0.15, 0.2) is 0 Å². The van der Waals surface area contributed by atoms with Crippen LogP contribution in [0.2, 0.25) is 0 Å². The molecular formula is C25H25N3O5S. The number of amides is 1. The normalized spacial score (nSPS) is 11.4. The van der Waals surface area contributed by atoms with Gasteiger partial charge < -0.3 is 5.11 Å². The molecule has 3 aromatic rings. The molecule has 0 fully saturated rings. The first-order valence-corrected chi connectivity index (χ1v) is 11.8. The van der Waals surface area contributed by atoms with Gasteiger partial charge in [0.1, 0.15) is 6.54 Å². The first-order valence-electron chi connectivity index (χ1n) is 10.4. The van der Waals surface area contributed by atoms with Crippen molar-refractivity contribution < 1.29 is 23.1 Å². The summed E-state index contributed by atoms with van der Waals surface area (Å²) in [5, 5.41) is 13.1. The predicted octanol–water partition coefficient (Wildman–Crippen LogP) is 3.66. The lowest BCUT2D eigenvalue weighted by molar-refractivity contribution is -0.119. The van der Waals surface area contributed by atoms with E-state index < -0.39 is 28.4 Å². The third kappa shape index (κ3) is 5.68. The highest BCUT2D eigenvalue weighted by molar-refractivity contribution is 7.92. The lowest BCUT2D eigenvalue weighted by Gasteiger charge is -2.25. The monoisotopic (exact) mass is 479 g/mol. The van der Waals surface area contributed by atoms with Crippen LogP contribution in [0.15, 0.2) is 76.7 Å². The topological polar surface area (TPSA) is 116 Å². The largest absolute Gasteiger partial charge is 0.478 e. The van der Waals surface area contributed by atoms with E-state index in [2.05, 4.69) is 10.5 Å². The number of carbonyl (C=O) groups excluding carboxylic acids is 1. The second-order valence-electron chi connectivity index (χ2n) is 7.80. The van der Waals surface area contributed by atoms with Gasteiger partial charge in [-0.1, -0.05) is 48.0 Å². The van der Waals surface area contributed by atoms with Gasteiger partial charge in [-0.15, -0.1) is 0 Å². The minimum Gasteiger partial charge on any atom is -0.478 e. The molecule has 0 heterocycles. The van der Waals surface area contributed by atoms with Crippen molar-refractivity contribution in [3.63, 3.8) is 0 Å². The van der Waals surface area contributed by atoms with Gasteiger partial charge in [0.25, 0.3) is 15.9 Å². The van der Waals surface area contributed by atoms with Crippen molar-refractivity contribution in [2.45, 2.75) is 25.7 Å². The van der Waals surface area contributed by atoms with Crippen LogP contribution < -0.4 is 9.73 Å². The smallest absolute Gasteiger partial charge is 0.336 e. The summed E-state index contributed by atoms with van der Waals surface area (Å²) in [4.78, 5) is 24.1. The first kappa shape index (κ1) is 24.7. The fourth-order valence-electron chi connectivity index (χ4n) is 3.27. The quantitative estimate of drug-likeness (QED) is 0.378. The molecule has 0 aliphatic rings. The zero-order valence-electron chi connectivity index (χ0n) is 19.0. The van der Waals surface area contributed by atoms with Gasteiger partial charge in [-0.2, -0.15) is 5.10 Å². The van der Waals surface area contributed by atoms with E-state index in [4.69, 9.17) is 0 Å². The van der Waals surface area contributed by atoms with Gasteiger partial charge in [-0.05, 0) is 56.2 Å². The van der Waals surface area contributed by atoms with Gasteiger partial charge >= 0.3 is 5.97 Å². The maximum Gasteiger partial charge on any atom is 0.336 e. The van der Waals surface area contributed by atoms with E-state index in [1.807, 2.05) is 19.9 Å². The van der Waals surface area contributed by atoms with Crippen molar-refractivity contribution in [3.05, 3.63) is 94.5 Å². The number of anilines is 1. The molecule has 8 nitrogen and oxygen atoms in total. The van der Waals surface area contributed by atoms with Crippen LogP contribution in [0.4, 0.5) is 5.69 Å². The molecule has 3 rings (SSSR count). The zero-order chi connectivity index (χ0) is 24.9. The zero-order valence-corrected chi connectivity index (χ0v) is 19.8. The van der Waals surface area contributed by atoms with Crippen LogP contribution in [0, 0.1) is 20.8 Å². The SMILES string of the molecule is Cc1ccc(S(=O)(=O)N(CC(=O)N/N=C\c2ccccc2C(=O)O)c2cc(C)ccc2C)cc1. The summed E-state index contributed by atoms with van der Waals surface area (Å²) in [7, 11) is -4.06. The van der Waals surface area contributed by atoms with Crippen LogP contribution in [-0.2, 0) is 14.8 Å². The van der Waals surface area contributed by atoms with Crippen LogP contribution >= 0.6 is 0 Å². The molecule has 0 radical (unpaired) electrons. The second kappa shape index (κ2) is 10.3. The average molecular weight is 480 g/mol. The molecule has 0 aromatic heterocycles. The Hall–Kier alpha value is -3.98.